The minimum atomic E-state index is 0.00528. The Bertz CT molecular complexity index is 614. The van der Waals surface area contributed by atoms with E-state index in [9.17, 15) is 0 Å². The van der Waals surface area contributed by atoms with E-state index in [1.54, 1.807) is 0 Å². The fraction of sp³-hybridized carbons (Fsp3) is 0.500. The van der Waals surface area contributed by atoms with Gasteiger partial charge in [-0.2, -0.15) is 4.98 Å². The SMILES string of the molecule is CCOc1cccc(CN2CCOC[C@H]2c2nc(C)no2)c1. The van der Waals surface area contributed by atoms with Crippen LogP contribution in [0.2, 0.25) is 0 Å². The number of ether oxygens (including phenoxy) is 2. The van der Waals surface area contributed by atoms with Gasteiger partial charge >= 0.3 is 0 Å². The van der Waals surface area contributed by atoms with Gasteiger partial charge in [-0.15, -0.1) is 0 Å². The molecule has 3 rings (SSSR count). The van der Waals surface area contributed by atoms with Crippen LogP contribution in [0.25, 0.3) is 0 Å². The standard InChI is InChI=1S/C16H21N3O3/c1-3-21-14-6-4-5-13(9-14)10-19-7-8-20-11-15(19)16-17-12(2)18-22-16/h4-6,9,15H,3,7-8,10-11H2,1-2H3/t15-/m0/s1. The molecule has 1 fully saturated rings. The van der Waals surface area contributed by atoms with Crippen molar-refractivity contribution in [2.24, 2.45) is 0 Å². The van der Waals surface area contributed by atoms with Crippen molar-refractivity contribution < 1.29 is 14.0 Å². The molecule has 22 heavy (non-hydrogen) atoms. The van der Waals surface area contributed by atoms with Crippen LogP contribution < -0.4 is 4.74 Å². The molecular weight excluding hydrogens is 282 g/mol. The minimum absolute atomic E-state index is 0.00528. The number of hydrogen-bond acceptors (Lipinski definition) is 6. The lowest BCUT2D eigenvalue weighted by atomic mass is 10.1. The predicted octanol–water partition coefficient (Wildman–Crippen LogP) is 2.35. The number of hydrogen-bond donors (Lipinski definition) is 0. The molecule has 1 aromatic heterocycles. The van der Waals surface area contributed by atoms with Gasteiger partial charge in [-0.1, -0.05) is 17.3 Å². The highest BCUT2D eigenvalue weighted by Gasteiger charge is 2.29. The van der Waals surface area contributed by atoms with E-state index in [4.69, 9.17) is 14.0 Å². The fourth-order valence-corrected chi connectivity index (χ4v) is 2.64. The lowest BCUT2D eigenvalue weighted by Crippen LogP contribution is -2.39. The van der Waals surface area contributed by atoms with Crippen molar-refractivity contribution in [1.82, 2.24) is 15.0 Å². The second-order valence-electron chi connectivity index (χ2n) is 5.32. The average molecular weight is 303 g/mol. The smallest absolute Gasteiger partial charge is 0.246 e. The highest BCUT2D eigenvalue weighted by Crippen LogP contribution is 2.25. The van der Waals surface area contributed by atoms with Crippen LogP contribution in [0, 0.1) is 6.92 Å². The Morgan fingerprint density at radius 2 is 2.32 bits per heavy atom. The maximum atomic E-state index is 5.58. The zero-order valence-electron chi connectivity index (χ0n) is 13.0. The fourth-order valence-electron chi connectivity index (χ4n) is 2.64. The summed E-state index contributed by atoms with van der Waals surface area (Å²) in [7, 11) is 0. The Labute approximate surface area is 130 Å². The van der Waals surface area contributed by atoms with Crippen LogP contribution in [0.15, 0.2) is 28.8 Å². The molecule has 118 valence electrons. The molecule has 0 bridgehead atoms. The normalized spacial score (nSPS) is 19.3. The van der Waals surface area contributed by atoms with Gasteiger partial charge in [0.2, 0.25) is 5.89 Å². The zero-order chi connectivity index (χ0) is 15.4. The molecule has 0 N–H and O–H groups in total. The topological polar surface area (TPSA) is 60.6 Å². The summed E-state index contributed by atoms with van der Waals surface area (Å²) in [6.07, 6.45) is 0. The molecule has 1 aliphatic heterocycles. The molecule has 6 nitrogen and oxygen atoms in total. The van der Waals surface area contributed by atoms with E-state index in [1.165, 1.54) is 5.56 Å². The summed E-state index contributed by atoms with van der Waals surface area (Å²) in [6, 6.07) is 8.19. The minimum Gasteiger partial charge on any atom is -0.494 e. The highest BCUT2D eigenvalue weighted by atomic mass is 16.5. The van der Waals surface area contributed by atoms with Crippen molar-refractivity contribution in [2.75, 3.05) is 26.4 Å². The average Bonchev–Trinajstić information content (AvgIpc) is 2.95. The molecule has 0 aliphatic carbocycles. The first-order chi connectivity index (χ1) is 10.8. The van der Waals surface area contributed by atoms with Crippen LogP contribution in [-0.4, -0.2) is 41.4 Å². The summed E-state index contributed by atoms with van der Waals surface area (Å²) in [5, 5.41) is 3.88. The van der Waals surface area contributed by atoms with E-state index in [2.05, 4.69) is 27.2 Å². The van der Waals surface area contributed by atoms with E-state index in [1.807, 2.05) is 26.0 Å². The monoisotopic (exact) mass is 303 g/mol. The molecule has 0 saturated carbocycles. The van der Waals surface area contributed by atoms with E-state index in [0.29, 0.717) is 24.9 Å². The van der Waals surface area contributed by atoms with Crippen molar-refractivity contribution in [1.29, 1.82) is 0 Å². The number of morpholine rings is 1. The van der Waals surface area contributed by atoms with Gasteiger partial charge in [-0.25, -0.2) is 0 Å². The van der Waals surface area contributed by atoms with Crippen molar-refractivity contribution in [3.8, 4) is 5.75 Å². The van der Waals surface area contributed by atoms with Crippen LogP contribution in [-0.2, 0) is 11.3 Å². The third-order valence-electron chi connectivity index (χ3n) is 3.66. The predicted molar refractivity (Wildman–Crippen MR) is 80.6 cm³/mol. The Morgan fingerprint density at radius 1 is 1.41 bits per heavy atom. The van der Waals surface area contributed by atoms with E-state index >= 15 is 0 Å². The molecule has 0 amide bonds. The molecule has 2 aromatic rings. The van der Waals surface area contributed by atoms with E-state index < -0.39 is 0 Å². The number of rotatable bonds is 5. The van der Waals surface area contributed by atoms with Crippen molar-refractivity contribution in [2.45, 2.75) is 26.4 Å². The third-order valence-corrected chi connectivity index (χ3v) is 3.66. The van der Waals surface area contributed by atoms with Crippen molar-refractivity contribution in [3.63, 3.8) is 0 Å². The summed E-state index contributed by atoms with van der Waals surface area (Å²) in [4.78, 5) is 6.66. The zero-order valence-corrected chi connectivity index (χ0v) is 13.0. The first-order valence-corrected chi connectivity index (χ1v) is 7.60. The van der Waals surface area contributed by atoms with Gasteiger partial charge in [0.15, 0.2) is 5.82 Å². The first-order valence-electron chi connectivity index (χ1n) is 7.60. The molecule has 1 saturated heterocycles. The Kier molecular flexibility index (Phi) is 4.70. The molecule has 2 heterocycles. The maximum Gasteiger partial charge on any atom is 0.246 e. The molecule has 1 aliphatic rings. The number of aryl methyl sites for hydroxylation is 1. The first kappa shape index (κ1) is 15.0. The van der Waals surface area contributed by atoms with Gasteiger partial charge in [0.25, 0.3) is 0 Å². The molecule has 1 aromatic carbocycles. The van der Waals surface area contributed by atoms with E-state index in [0.717, 1.165) is 25.4 Å². The lowest BCUT2D eigenvalue weighted by molar-refractivity contribution is -0.0241. The molecule has 0 radical (unpaired) electrons. The van der Waals surface area contributed by atoms with Crippen molar-refractivity contribution in [3.05, 3.63) is 41.5 Å². The van der Waals surface area contributed by atoms with Crippen LogP contribution in [0.3, 0.4) is 0 Å². The van der Waals surface area contributed by atoms with Crippen LogP contribution >= 0.6 is 0 Å². The Hall–Kier alpha value is -1.92. The number of benzene rings is 1. The van der Waals surface area contributed by atoms with Gasteiger partial charge in [0.05, 0.1) is 19.8 Å². The summed E-state index contributed by atoms with van der Waals surface area (Å²) in [6.45, 7) is 7.42. The second kappa shape index (κ2) is 6.89. The molecule has 0 unspecified atom stereocenters. The summed E-state index contributed by atoms with van der Waals surface area (Å²) < 4.78 is 16.5. The van der Waals surface area contributed by atoms with E-state index in [-0.39, 0.29) is 6.04 Å². The third kappa shape index (κ3) is 3.45. The van der Waals surface area contributed by atoms with Gasteiger partial charge in [0, 0.05) is 13.1 Å². The second-order valence-corrected chi connectivity index (χ2v) is 5.32. The van der Waals surface area contributed by atoms with Gasteiger partial charge in [0.1, 0.15) is 11.8 Å². The quantitative estimate of drug-likeness (QED) is 0.845. The summed E-state index contributed by atoms with van der Waals surface area (Å²) >= 11 is 0. The maximum absolute atomic E-state index is 5.58. The molecule has 1 atom stereocenters. The van der Waals surface area contributed by atoms with Gasteiger partial charge in [-0.3, -0.25) is 4.90 Å². The number of nitrogens with zero attached hydrogens (tertiary/aromatic N) is 3. The molecular formula is C16H21N3O3. The van der Waals surface area contributed by atoms with Crippen molar-refractivity contribution >= 4 is 0 Å². The Morgan fingerprint density at radius 3 is 3.09 bits per heavy atom. The van der Waals surface area contributed by atoms with Gasteiger partial charge < -0.3 is 14.0 Å². The summed E-state index contributed by atoms with van der Waals surface area (Å²) in [5.41, 5.74) is 1.20. The highest BCUT2D eigenvalue weighted by molar-refractivity contribution is 5.28. The summed E-state index contributed by atoms with van der Waals surface area (Å²) in [5.74, 6) is 2.18. The largest absolute Gasteiger partial charge is 0.494 e. The number of aromatic nitrogens is 2. The Balaban J connectivity index is 1.75. The molecule has 0 spiro atoms. The molecule has 6 heteroatoms. The van der Waals surface area contributed by atoms with Crippen LogP contribution in [0.1, 0.15) is 30.2 Å². The lowest BCUT2D eigenvalue weighted by Gasteiger charge is -2.33. The van der Waals surface area contributed by atoms with Crippen LogP contribution in [0.4, 0.5) is 0 Å². The van der Waals surface area contributed by atoms with Gasteiger partial charge in [-0.05, 0) is 31.5 Å². The van der Waals surface area contributed by atoms with Crippen LogP contribution in [0.5, 0.6) is 5.75 Å².